The topological polar surface area (TPSA) is 74.9 Å². The fourth-order valence-electron chi connectivity index (χ4n) is 1.59. The molecule has 4 nitrogen and oxygen atoms in total. The van der Waals surface area contributed by atoms with Gasteiger partial charge in [0.05, 0.1) is 11.9 Å². The molecular formula is C11H13N3O. The van der Waals surface area contributed by atoms with Gasteiger partial charge in [-0.05, 0) is 37.1 Å². The lowest BCUT2D eigenvalue weighted by Crippen LogP contribution is -1.87. The Hall–Kier alpha value is -1.97. The predicted octanol–water partition coefficient (Wildman–Crippen LogP) is 1.98. The van der Waals surface area contributed by atoms with Gasteiger partial charge in [0.1, 0.15) is 5.75 Å². The molecule has 0 atom stereocenters. The van der Waals surface area contributed by atoms with Gasteiger partial charge in [-0.1, -0.05) is 0 Å². The zero-order valence-electron chi connectivity index (χ0n) is 8.70. The predicted molar refractivity (Wildman–Crippen MR) is 59.6 cm³/mol. The molecule has 1 aromatic carbocycles. The molecule has 1 aromatic heterocycles. The molecule has 0 saturated heterocycles. The molecule has 2 aromatic rings. The van der Waals surface area contributed by atoms with Crippen molar-refractivity contribution in [2.75, 3.05) is 5.73 Å². The molecular weight excluding hydrogens is 190 g/mol. The van der Waals surface area contributed by atoms with Crippen LogP contribution in [0, 0.1) is 13.8 Å². The highest BCUT2D eigenvalue weighted by Crippen LogP contribution is 2.28. The van der Waals surface area contributed by atoms with E-state index in [2.05, 4.69) is 9.97 Å². The van der Waals surface area contributed by atoms with Crippen molar-refractivity contribution in [1.82, 2.24) is 9.97 Å². The molecule has 0 unspecified atom stereocenters. The van der Waals surface area contributed by atoms with E-state index in [1.165, 1.54) is 0 Å². The van der Waals surface area contributed by atoms with Gasteiger partial charge in [-0.25, -0.2) is 4.98 Å². The number of nitrogen functional groups attached to an aromatic ring is 1. The second-order valence-electron chi connectivity index (χ2n) is 3.64. The average molecular weight is 203 g/mol. The van der Waals surface area contributed by atoms with E-state index in [1.54, 1.807) is 6.20 Å². The summed E-state index contributed by atoms with van der Waals surface area (Å²) in [5.74, 6) is 0.736. The summed E-state index contributed by atoms with van der Waals surface area (Å²) in [6, 6.07) is 3.80. The summed E-state index contributed by atoms with van der Waals surface area (Å²) >= 11 is 0. The van der Waals surface area contributed by atoms with Crippen LogP contribution in [0.1, 0.15) is 11.1 Å². The largest absolute Gasteiger partial charge is 0.507 e. The molecule has 1 heterocycles. The number of aromatic hydroxyl groups is 1. The van der Waals surface area contributed by atoms with Crippen molar-refractivity contribution in [3.63, 3.8) is 0 Å². The van der Waals surface area contributed by atoms with E-state index in [-0.39, 0.29) is 0 Å². The number of hydrogen-bond acceptors (Lipinski definition) is 3. The Morgan fingerprint density at radius 1 is 1.27 bits per heavy atom. The molecule has 0 spiro atoms. The van der Waals surface area contributed by atoms with E-state index in [9.17, 15) is 5.11 Å². The SMILES string of the molecule is Cc1cc(-c2cnc(N)[nH]2)cc(C)c1O. The van der Waals surface area contributed by atoms with Crippen LogP contribution < -0.4 is 5.73 Å². The number of nitrogens with one attached hydrogen (secondary N) is 1. The van der Waals surface area contributed by atoms with Crippen molar-refractivity contribution in [2.45, 2.75) is 13.8 Å². The number of nitrogens with zero attached hydrogens (tertiary/aromatic N) is 1. The van der Waals surface area contributed by atoms with E-state index in [0.29, 0.717) is 11.7 Å². The normalized spacial score (nSPS) is 10.5. The first kappa shape index (κ1) is 9.58. The van der Waals surface area contributed by atoms with Crippen LogP contribution in [0.2, 0.25) is 0 Å². The number of anilines is 1. The number of aromatic amines is 1. The van der Waals surface area contributed by atoms with Crippen molar-refractivity contribution in [2.24, 2.45) is 0 Å². The zero-order valence-corrected chi connectivity index (χ0v) is 8.70. The molecule has 0 amide bonds. The van der Waals surface area contributed by atoms with Crippen molar-refractivity contribution < 1.29 is 5.11 Å². The number of aryl methyl sites for hydroxylation is 2. The number of hydrogen-bond donors (Lipinski definition) is 3. The Bertz CT molecular complexity index is 479. The first-order chi connectivity index (χ1) is 7.08. The van der Waals surface area contributed by atoms with Gasteiger partial charge in [0.2, 0.25) is 0 Å². The third-order valence-electron chi connectivity index (χ3n) is 2.40. The van der Waals surface area contributed by atoms with Crippen LogP contribution in [0.4, 0.5) is 5.95 Å². The number of aromatic nitrogens is 2. The minimum atomic E-state index is 0.339. The highest BCUT2D eigenvalue weighted by atomic mass is 16.3. The van der Waals surface area contributed by atoms with Gasteiger partial charge in [0.15, 0.2) is 5.95 Å². The van der Waals surface area contributed by atoms with Crippen molar-refractivity contribution in [1.29, 1.82) is 0 Å². The molecule has 0 fully saturated rings. The Kier molecular flexibility index (Phi) is 2.11. The lowest BCUT2D eigenvalue weighted by atomic mass is 10.0. The van der Waals surface area contributed by atoms with Crippen LogP contribution in [-0.4, -0.2) is 15.1 Å². The lowest BCUT2D eigenvalue weighted by molar-refractivity contribution is 0.467. The summed E-state index contributed by atoms with van der Waals surface area (Å²) in [6.07, 6.45) is 1.68. The highest BCUT2D eigenvalue weighted by molar-refractivity contribution is 5.64. The van der Waals surface area contributed by atoms with E-state index < -0.39 is 0 Å². The minimum Gasteiger partial charge on any atom is -0.507 e. The maximum atomic E-state index is 9.63. The number of phenolic OH excluding ortho intramolecular Hbond substituents is 1. The van der Waals surface area contributed by atoms with Gasteiger partial charge in [-0.15, -0.1) is 0 Å². The molecule has 0 radical (unpaired) electrons. The lowest BCUT2D eigenvalue weighted by Gasteiger charge is -2.06. The highest BCUT2D eigenvalue weighted by Gasteiger charge is 2.06. The standard InChI is InChI=1S/C11H13N3O/c1-6-3-8(4-7(2)10(6)15)9-5-13-11(12)14-9/h3-5,15H,1-2H3,(H3,12,13,14). The molecule has 0 aliphatic rings. The third kappa shape index (κ3) is 1.66. The van der Waals surface area contributed by atoms with Crippen molar-refractivity contribution in [3.05, 3.63) is 29.5 Å². The van der Waals surface area contributed by atoms with Gasteiger partial charge in [0, 0.05) is 5.56 Å². The average Bonchev–Trinajstić information content (AvgIpc) is 2.60. The zero-order chi connectivity index (χ0) is 11.0. The van der Waals surface area contributed by atoms with Gasteiger partial charge in [-0.3, -0.25) is 0 Å². The summed E-state index contributed by atoms with van der Waals surface area (Å²) in [7, 11) is 0. The van der Waals surface area contributed by atoms with E-state index in [0.717, 1.165) is 22.4 Å². The van der Waals surface area contributed by atoms with Crippen molar-refractivity contribution in [3.8, 4) is 17.0 Å². The van der Waals surface area contributed by atoms with Gasteiger partial charge < -0.3 is 15.8 Å². The summed E-state index contributed by atoms with van der Waals surface area (Å²) in [5, 5.41) is 9.63. The number of benzene rings is 1. The second-order valence-corrected chi connectivity index (χ2v) is 3.64. The molecule has 0 aliphatic heterocycles. The quantitative estimate of drug-likeness (QED) is 0.663. The summed E-state index contributed by atoms with van der Waals surface area (Å²) in [5.41, 5.74) is 9.04. The Morgan fingerprint density at radius 3 is 2.33 bits per heavy atom. The summed E-state index contributed by atoms with van der Waals surface area (Å²) in [4.78, 5) is 6.89. The Labute approximate surface area is 87.8 Å². The number of phenols is 1. The number of imidazole rings is 1. The molecule has 2 rings (SSSR count). The van der Waals surface area contributed by atoms with E-state index >= 15 is 0 Å². The smallest absolute Gasteiger partial charge is 0.197 e. The molecule has 15 heavy (non-hydrogen) atoms. The first-order valence-corrected chi connectivity index (χ1v) is 4.69. The third-order valence-corrected chi connectivity index (χ3v) is 2.40. The molecule has 0 bridgehead atoms. The number of nitrogens with two attached hydrogens (primary N) is 1. The van der Waals surface area contributed by atoms with E-state index in [4.69, 9.17) is 5.73 Å². The van der Waals surface area contributed by atoms with Gasteiger partial charge >= 0.3 is 0 Å². The molecule has 0 saturated carbocycles. The maximum absolute atomic E-state index is 9.63. The molecule has 4 heteroatoms. The van der Waals surface area contributed by atoms with Crippen LogP contribution in [0.25, 0.3) is 11.3 Å². The fourth-order valence-corrected chi connectivity index (χ4v) is 1.59. The second kappa shape index (κ2) is 3.31. The van der Waals surface area contributed by atoms with Crippen molar-refractivity contribution >= 4 is 5.95 Å². The van der Waals surface area contributed by atoms with Crippen LogP contribution >= 0.6 is 0 Å². The van der Waals surface area contributed by atoms with Crippen LogP contribution in [0.15, 0.2) is 18.3 Å². The van der Waals surface area contributed by atoms with Gasteiger partial charge in [0.25, 0.3) is 0 Å². The minimum absolute atomic E-state index is 0.339. The monoisotopic (exact) mass is 203 g/mol. The Balaban J connectivity index is 2.55. The summed E-state index contributed by atoms with van der Waals surface area (Å²) in [6.45, 7) is 3.73. The maximum Gasteiger partial charge on any atom is 0.197 e. The molecule has 78 valence electrons. The first-order valence-electron chi connectivity index (χ1n) is 4.69. The van der Waals surface area contributed by atoms with Gasteiger partial charge in [-0.2, -0.15) is 0 Å². The summed E-state index contributed by atoms with van der Waals surface area (Å²) < 4.78 is 0. The van der Waals surface area contributed by atoms with Crippen LogP contribution in [0.5, 0.6) is 5.75 Å². The molecule has 0 aliphatic carbocycles. The van der Waals surface area contributed by atoms with Crippen LogP contribution in [-0.2, 0) is 0 Å². The van der Waals surface area contributed by atoms with Crippen LogP contribution in [0.3, 0.4) is 0 Å². The molecule has 4 N–H and O–H groups in total. The van der Waals surface area contributed by atoms with E-state index in [1.807, 2.05) is 26.0 Å². The number of H-pyrrole nitrogens is 1. The fraction of sp³-hybridized carbons (Fsp3) is 0.182. The Morgan fingerprint density at radius 2 is 1.87 bits per heavy atom. The number of rotatable bonds is 1.